The molecule has 0 saturated carbocycles. The topological polar surface area (TPSA) is 79.6 Å². The predicted molar refractivity (Wildman–Crippen MR) is 140 cm³/mol. The number of anilines is 2. The minimum Gasteiger partial charge on any atom is -0.366 e. The van der Waals surface area contributed by atoms with Gasteiger partial charge in [-0.2, -0.15) is 0 Å². The number of nitro groups is 1. The summed E-state index contributed by atoms with van der Waals surface area (Å²) in [5.74, 6) is -0.307. The quantitative estimate of drug-likeness (QED) is 0.234. The van der Waals surface area contributed by atoms with Crippen molar-refractivity contribution in [3.05, 3.63) is 93.5 Å². The largest absolute Gasteiger partial charge is 0.366 e. The Hall–Kier alpha value is -3.78. The average molecular weight is 487 g/mol. The smallest absolute Gasteiger partial charge is 0.293 e. The molecular weight excluding hydrogens is 460 g/mol. The van der Waals surface area contributed by atoms with E-state index in [9.17, 15) is 14.9 Å². The van der Waals surface area contributed by atoms with Crippen LogP contribution in [0.15, 0.2) is 66.7 Å². The van der Waals surface area contributed by atoms with Gasteiger partial charge in [-0.05, 0) is 55.5 Å². The van der Waals surface area contributed by atoms with Gasteiger partial charge < -0.3 is 4.90 Å². The highest BCUT2D eigenvalue weighted by molar-refractivity contribution is 7.22. The molecule has 35 heavy (non-hydrogen) atoms. The number of rotatable bonds is 6. The van der Waals surface area contributed by atoms with E-state index in [1.54, 1.807) is 17.0 Å². The number of hydrogen-bond acceptors (Lipinski definition) is 6. The van der Waals surface area contributed by atoms with Gasteiger partial charge in [0.15, 0.2) is 5.13 Å². The number of carbonyl (C=O) groups excluding carboxylic acids is 1. The van der Waals surface area contributed by atoms with Crippen LogP contribution in [0.1, 0.15) is 40.7 Å². The van der Waals surface area contributed by atoms with Gasteiger partial charge in [-0.25, -0.2) is 4.98 Å². The number of benzene rings is 3. The average Bonchev–Trinajstić information content (AvgIpc) is 3.33. The number of carbonyl (C=O) groups is 1. The lowest BCUT2D eigenvalue weighted by molar-refractivity contribution is -0.384. The van der Waals surface area contributed by atoms with Crippen LogP contribution in [0.4, 0.5) is 16.5 Å². The minimum atomic E-state index is -0.386. The maximum absolute atomic E-state index is 13.8. The normalized spacial score (nSPS) is 13.7. The standard InChI is InChI=1S/C27H26N4O3S/c1-19-9-8-12-24-25(19)28-27(35-24)30(18-20-10-4-2-5-11-20)26(32)21-13-14-22(23(17-21)31(33)34)29-15-6-3-7-16-29/h2,4-5,8-14,17H,3,6-7,15-16,18H2,1H3. The predicted octanol–water partition coefficient (Wildman–Crippen LogP) is 6.35. The molecule has 0 radical (unpaired) electrons. The van der Waals surface area contributed by atoms with E-state index in [1.807, 2.05) is 60.4 Å². The molecule has 1 fully saturated rings. The molecule has 1 aromatic heterocycles. The molecule has 3 aromatic carbocycles. The monoisotopic (exact) mass is 486 g/mol. The van der Waals surface area contributed by atoms with Crippen LogP contribution in [0, 0.1) is 17.0 Å². The van der Waals surface area contributed by atoms with Crippen molar-refractivity contribution in [2.45, 2.75) is 32.7 Å². The second kappa shape index (κ2) is 9.84. The van der Waals surface area contributed by atoms with E-state index in [-0.39, 0.29) is 22.1 Å². The summed E-state index contributed by atoms with van der Waals surface area (Å²) < 4.78 is 0.997. The lowest BCUT2D eigenvalue weighted by atomic mass is 10.1. The molecule has 2 heterocycles. The second-order valence-electron chi connectivity index (χ2n) is 8.80. The molecule has 5 rings (SSSR count). The molecule has 1 saturated heterocycles. The summed E-state index contributed by atoms with van der Waals surface area (Å²) in [6.07, 6.45) is 3.16. The van der Waals surface area contributed by atoms with Gasteiger partial charge >= 0.3 is 0 Å². The summed E-state index contributed by atoms with van der Waals surface area (Å²) in [5.41, 5.74) is 3.69. The highest BCUT2D eigenvalue weighted by Gasteiger charge is 2.27. The highest BCUT2D eigenvalue weighted by Crippen LogP contribution is 2.35. The van der Waals surface area contributed by atoms with E-state index in [1.165, 1.54) is 17.4 Å². The zero-order valence-corrected chi connectivity index (χ0v) is 20.3. The first-order valence-corrected chi connectivity index (χ1v) is 12.6. The fraction of sp³-hybridized carbons (Fsp3) is 0.259. The zero-order valence-electron chi connectivity index (χ0n) is 19.5. The lowest BCUT2D eigenvalue weighted by Crippen LogP contribution is -2.31. The van der Waals surface area contributed by atoms with Crippen molar-refractivity contribution in [2.75, 3.05) is 22.9 Å². The van der Waals surface area contributed by atoms with Gasteiger partial charge in [0.25, 0.3) is 11.6 Å². The van der Waals surface area contributed by atoms with Gasteiger partial charge in [0.2, 0.25) is 0 Å². The van der Waals surface area contributed by atoms with Crippen LogP contribution in [0.5, 0.6) is 0 Å². The molecule has 0 N–H and O–H groups in total. The molecule has 1 aliphatic heterocycles. The Balaban J connectivity index is 1.55. The van der Waals surface area contributed by atoms with E-state index >= 15 is 0 Å². The molecule has 178 valence electrons. The van der Waals surface area contributed by atoms with E-state index in [0.717, 1.165) is 53.7 Å². The number of nitrogens with zero attached hydrogens (tertiary/aromatic N) is 4. The molecule has 7 nitrogen and oxygen atoms in total. The number of piperidine rings is 1. The highest BCUT2D eigenvalue weighted by atomic mass is 32.1. The van der Waals surface area contributed by atoms with Crippen molar-refractivity contribution in [3.63, 3.8) is 0 Å². The summed E-state index contributed by atoms with van der Waals surface area (Å²) in [7, 11) is 0. The molecular formula is C27H26N4O3S. The fourth-order valence-corrected chi connectivity index (χ4v) is 5.58. The number of nitro benzene ring substituents is 1. The summed E-state index contributed by atoms with van der Waals surface area (Å²) in [4.78, 5) is 33.9. The third kappa shape index (κ3) is 4.74. The van der Waals surface area contributed by atoms with Crippen LogP contribution in [-0.2, 0) is 6.54 Å². The maximum Gasteiger partial charge on any atom is 0.293 e. The Kier molecular flexibility index (Phi) is 6.46. The van der Waals surface area contributed by atoms with Crippen molar-refractivity contribution in [1.29, 1.82) is 0 Å². The summed E-state index contributed by atoms with van der Waals surface area (Å²) in [6, 6.07) is 20.5. The first kappa shape index (κ1) is 23.0. The SMILES string of the molecule is Cc1cccc2sc(N(Cc3ccccc3)C(=O)c3ccc(N4CCCCC4)c([N+](=O)[O-])c3)nc12. The van der Waals surface area contributed by atoms with Crippen molar-refractivity contribution >= 4 is 44.0 Å². The Morgan fingerprint density at radius 1 is 1.06 bits per heavy atom. The minimum absolute atomic E-state index is 0.0300. The van der Waals surface area contributed by atoms with Crippen molar-refractivity contribution in [3.8, 4) is 0 Å². The van der Waals surface area contributed by atoms with Crippen LogP contribution >= 0.6 is 11.3 Å². The van der Waals surface area contributed by atoms with Crippen molar-refractivity contribution in [1.82, 2.24) is 4.98 Å². The molecule has 0 aliphatic carbocycles. The third-order valence-electron chi connectivity index (χ3n) is 6.38. The Morgan fingerprint density at radius 2 is 1.83 bits per heavy atom. The van der Waals surface area contributed by atoms with Crippen molar-refractivity contribution < 1.29 is 9.72 Å². The molecule has 0 bridgehead atoms. The van der Waals surface area contributed by atoms with Crippen LogP contribution in [0.2, 0.25) is 0 Å². The third-order valence-corrected chi connectivity index (χ3v) is 7.43. The number of para-hydroxylation sites is 1. The molecule has 1 aliphatic rings. The molecule has 0 unspecified atom stereocenters. The van der Waals surface area contributed by atoms with E-state index in [0.29, 0.717) is 17.4 Å². The van der Waals surface area contributed by atoms with Crippen LogP contribution in [0.25, 0.3) is 10.2 Å². The van der Waals surface area contributed by atoms with Gasteiger partial charge in [-0.15, -0.1) is 0 Å². The summed E-state index contributed by atoms with van der Waals surface area (Å²) >= 11 is 1.45. The van der Waals surface area contributed by atoms with Gasteiger partial charge in [0.05, 0.1) is 21.7 Å². The Labute approximate surface area is 207 Å². The van der Waals surface area contributed by atoms with Crippen LogP contribution in [0.3, 0.4) is 0 Å². The molecule has 8 heteroatoms. The van der Waals surface area contributed by atoms with E-state index < -0.39 is 0 Å². The molecule has 0 spiro atoms. The number of aromatic nitrogens is 1. The van der Waals surface area contributed by atoms with Crippen molar-refractivity contribution in [2.24, 2.45) is 0 Å². The second-order valence-corrected chi connectivity index (χ2v) is 9.81. The fourth-order valence-electron chi connectivity index (χ4n) is 4.54. The number of fused-ring (bicyclic) bond motifs is 1. The van der Waals surface area contributed by atoms with Gasteiger partial charge in [0, 0.05) is 24.7 Å². The zero-order chi connectivity index (χ0) is 24.4. The van der Waals surface area contributed by atoms with Crippen LogP contribution in [-0.4, -0.2) is 28.9 Å². The first-order chi connectivity index (χ1) is 17.0. The molecule has 4 aromatic rings. The Morgan fingerprint density at radius 3 is 2.54 bits per heavy atom. The molecule has 0 atom stereocenters. The lowest BCUT2D eigenvalue weighted by Gasteiger charge is -2.28. The number of amides is 1. The van der Waals surface area contributed by atoms with Gasteiger partial charge in [0.1, 0.15) is 5.69 Å². The number of hydrogen-bond donors (Lipinski definition) is 0. The number of aryl methyl sites for hydroxylation is 1. The number of thiazole rings is 1. The first-order valence-electron chi connectivity index (χ1n) is 11.8. The molecule has 1 amide bonds. The summed E-state index contributed by atoms with van der Waals surface area (Å²) in [5, 5.41) is 12.5. The summed E-state index contributed by atoms with van der Waals surface area (Å²) in [6.45, 7) is 3.90. The maximum atomic E-state index is 13.8. The van der Waals surface area contributed by atoms with E-state index in [4.69, 9.17) is 4.98 Å². The van der Waals surface area contributed by atoms with Crippen LogP contribution < -0.4 is 9.80 Å². The van der Waals surface area contributed by atoms with E-state index in [2.05, 4.69) is 0 Å². The van der Waals surface area contributed by atoms with Gasteiger partial charge in [-0.1, -0.05) is 53.8 Å². The Bertz CT molecular complexity index is 1380. The van der Waals surface area contributed by atoms with Gasteiger partial charge in [-0.3, -0.25) is 19.8 Å².